The molecule has 25 heavy (non-hydrogen) atoms. The Kier molecular flexibility index (Phi) is 5.54. The topological polar surface area (TPSA) is 85.2 Å². The Balaban J connectivity index is 2.58. The summed E-state index contributed by atoms with van der Waals surface area (Å²) in [5, 5.41) is 19.6. The molecule has 0 atom stereocenters. The van der Waals surface area contributed by atoms with E-state index >= 15 is 0 Å². The van der Waals surface area contributed by atoms with Crippen molar-refractivity contribution in [3.05, 3.63) is 47.0 Å². The van der Waals surface area contributed by atoms with Crippen LogP contribution in [0.15, 0.2) is 30.3 Å². The van der Waals surface area contributed by atoms with Gasteiger partial charge >= 0.3 is 5.97 Å². The Morgan fingerprint density at radius 3 is 1.96 bits per heavy atom. The molecule has 0 saturated carbocycles. The molecule has 132 valence electrons. The van der Waals surface area contributed by atoms with Crippen LogP contribution in [0.25, 0.3) is 11.6 Å². The number of aryl methyl sites for hydroxylation is 1. The highest BCUT2D eigenvalue weighted by Crippen LogP contribution is 2.38. The quantitative estimate of drug-likeness (QED) is 0.617. The molecule has 2 rings (SSSR count). The Labute approximate surface area is 145 Å². The molecule has 6 heteroatoms. The van der Waals surface area contributed by atoms with Gasteiger partial charge in [-0.3, -0.25) is 0 Å². The maximum Gasteiger partial charge on any atom is 0.336 e. The first-order valence-corrected chi connectivity index (χ1v) is 7.46. The highest BCUT2D eigenvalue weighted by molar-refractivity contribution is 6.20. The molecule has 0 bridgehead atoms. The third-order valence-corrected chi connectivity index (χ3v) is 3.75. The van der Waals surface area contributed by atoms with Gasteiger partial charge in [0.1, 0.15) is 5.75 Å². The zero-order chi connectivity index (χ0) is 18.6. The third kappa shape index (κ3) is 3.85. The van der Waals surface area contributed by atoms with Crippen molar-refractivity contribution < 1.29 is 29.2 Å². The number of phenolic OH excluding ortho intramolecular Hbond substituents is 1. The Morgan fingerprint density at radius 2 is 1.52 bits per heavy atom. The van der Waals surface area contributed by atoms with E-state index in [2.05, 4.69) is 0 Å². The van der Waals surface area contributed by atoms with E-state index in [1.807, 2.05) is 6.92 Å². The fraction of sp³-hybridized carbons (Fsp3) is 0.211. The number of aromatic hydroxyl groups is 1. The number of ether oxygens (including phenoxy) is 3. The Hall–Kier alpha value is -3.15. The van der Waals surface area contributed by atoms with Crippen molar-refractivity contribution in [3.63, 3.8) is 0 Å². The van der Waals surface area contributed by atoms with Crippen LogP contribution in [-0.4, -0.2) is 37.5 Å². The van der Waals surface area contributed by atoms with Crippen molar-refractivity contribution in [2.24, 2.45) is 0 Å². The molecule has 0 amide bonds. The van der Waals surface area contributed by atoms with E-state index in [4.69, 9.17) is 14.2 Å². The molecule has 0 aliphatic rings. The van der Waals surface area contributed by atoms with E-state index in [-0.39, 0.29) is 22.8 Å². The molecule has 0 aliphatic carbocycles. The van der Waals surface area contributed by atoms with Gasteiger partial charge in [-0.15, -0.1) is 0 Å². The molecule has 2 N–H and O–H groups in total. The number of methoxy groups -OCH3 is 3. The number of carbonyl (C=O) groups is 1. The van der Waals surface area contributed by atoms with E-state index in [1.54, 1.807) is 25.3 Å². The summed E-state index contributed by atoms with van der Waals surface area (Å²) in [5.41, 5.74) is 1.99. The number of benzene rings is 2. The predicted octanol–water partition coefficient (Wildman–Crippen LogP) is 3.35. The van der Waals surface area contributed by atoms with Crippen molar-refractivity contribution in [2.45, 2.75) is 6.92 Å². The largest absolute Gasteiger partial charge is 0.502 e. The highest BCUT2D eigenvalue weighted by atomic mass is 16.5. The van der Waals surface area contributed by atoms with Crippen molar-refractivity contribution in [2.75, 3.05) is 21.3 Å². The molecular formula is C19H20O6. The zero-order valence-electron chi connectivity index (χ0n) is 14.5. The van der Waals surface area contributed by atoms with E-state index in [1.165, 1.54) is 32.4 Å². The SMILES string of the molecule is COc1ccc(/C(=C/c2cc(OC)c(O)c(OC)c2)C(=O)O)cc1C. The van der Waals surface area contributed by atoms with Crippen LogP contribution in [0.1, 0.15) is 16.7 Å². The zero-order valence-corrected chi connectivity index (χ0v) is 14.5. The lowest BCUT2D eigenvalue weighted by molar-refractivity contribution is -0.130. The molecule has 0 fully saturated rings. The standard InChI is InChI=1S/C19H20O6/c1-11-7-13(5-6-15(11)23-2)14(19(21)22)8-12-9-16(24-3)18(20)17(10-12)25-4/h5-10,20H,1-4H3,(H,21,22)/b14-8-. The first kappa shape index (κ1) is 18.2. The fourth-order valence-corrected chi connectivity index (χ4v) is 2.48. The van der Waals surface area contributed by atoms with Crippen LogP contribution in [0.3, 0.4) is 0 Å². The molecule has 0 saturated heterocycles. The van der Waals surface area contributed by atoms with Gasteiger partial charge in [-0.25, -0.2) is 4.79 Å². The molecule has 2 aromatic carbocycles. The van der Waals surface area contributed by atoms with E-state index in [0.717, 1.165) is 5.56 Å². The minimum absolute atomic E-state index is 0.0977. The van der Waals surface area contributed by atoms with E-state index in [0.29, 0.717) is 16.9 Å². The van der Waals surface area contributed by atoms with E-state index in [9.17, 15) is 15.0 Å². The fourth-order valence-electron chi connectivity index (χ4n) is 2.48. The average molecular weight is 344 g/mol. The molecule has 2 aromatic rings. The Bertz CT molecular complexity index is 798. The summed E-state index contributed by atoms with van der Waals surface area (Å²) in [4.78, 5) is 11.7. The lowest BCUT2D eigenvalue weighted by atomic mass is 10.00. The average Bonchev–Trinajstić information content (AvgIpc) is 2.60. The van der Waals surface area contributed by atoms with Gasteiger partial charge in [0, 0.05) is 0 Å². The highest BCUT2D eigenvalue weighted by Gasteiger charge is 2.15. The lowest BCUT2D eigenvalue weighted by Crippen LogP contribution is -2.01. The monoisotopic (exact) mass is 344 g/mol. The van der Waals surface area contributed by atoms with Gasteiger partial charge in [0.05, 0.1) is 26.9 Å². The molecule has 0 aromatic heterocycles. The second kappa shape index (κ2) is 7.61. The summed E-state index contributed by atoms with van der Waals surface area (Å²) in [7, 11) is 4.38. The molecule has 0 unspecified atom stereocenters. The molecular weight excluding hydrogens is 324 g/mol. The second-order valence-electron chi connectivity index (χ2n) is 5.32. The number of carboxylic acid groups (broad SMARTS) is 1. The summed E-state index contributed by atoms with van der Waals surface area (Å²) < 4.78 is 15.4. The molecule has 0 spiro atoms. The normalized spacial score (nSPS) is 11.1. The van der Waals surface area contributed by atoms with E-state index < -0.39 is 5.97 Å². The van der Waals surface area contributed by atoms with Crippen LogP contribution in [-0.2, 0) is 4.79 Å². The van der Waals surface area contributed by atoms with Crippen LogP contribution in [0, 0.1) is 6.92 Å². The number of rotatable bonds is 6. The number of carboxylic acids is 1. The van der Waals surface area contributed by atoms with Gasteiger partial charge in [0.2, 0.25) is 5.75 Å². The summed E-state index contributed by atoms with van der Waals surface area (Å²) in [6.07, 6.45) is 1.49. The van der Waals surface area contributed by atoms with Crippen LogP contribution in [0.4, 0.5) is 0 Å². The van der Waals surface area contributed by atoms with Crippen molar-refractivity contribution in [1.29, 1.82) is 0 Å². The third-order valence-electron chi connectivity index (χ3n) is 3.75. The molecule has 6 nitrogen and oxygen atoms in total. The summed E-state index contributed by atoms with van der Waals surface area (Å²) in [6, 6.07) is 8.22. The van der Waals surface area contributed by atoms with Crippen LogP contribution < -0.4 is 14.2 Å². The predicted molar refractivity (Wildman–Crippen MR) is 94.4 cm³/mol. The Morgan fingerprint density at radius 1 is 0.960 bits per heavy atom. The van der Waals surface area contributed by atoms with Crippen LogP contribution in [0.2, 0.25) is 0 Å². The van der Waals surface area contributed by atoms with Crippen molar-refractivity contribution >= 4 is 17.6 Å². The summed E-state index contributed by atoms with van der Waals surface area (Å²) in [6.45, 7) is 1.84. The van der Waals surface area contributed by atoms with Crippen LogP contribution >= 0.6 is 0 Å². The number of hydrogen-bond donors (Lipinski definition) is 2. The van der Waals surface area contributed by atoms with Gasteiger partial charge in [0.15, 0.2) is 11.5 Å². The van der Waals surface area contributed by atoms with Gasteiger partial charge in [0.25, 0.3) is 0 Å². The smallest absolute Gasteiger partial charge is 0.336 e. The van der Waals surface area contributed by atoms with Gasteiger partial charge < -0.3 is 24.4 Å². The molecule has 0 heterocycles. The minimum atomic E-state index is -1.07. The van der Waals surface area contributed by atoms with Crippen molar-refractivity contribution in [3.8, 4) is 23.0 Å². The van der Waals surface area contributed by atoms with Gasteiger partial charge in [-0.2, -0.15) is 0 Å². The minimum Gasteiger partial charge on any atom is -0.502 e. The summed E-state index contributed by atoms with van der Waals surface area (Å²) >= 11 is 0. The number of phenols is 1. The van der Waals surface area contributed by atoms with Gasteiger partial charge in [-0.1, -0.05) is 6.07 Å². The molecule has 0 radical (unpaired) electrons. The van der Waals surface area contributed by atoms with Crippen molar-refractivity contribution in [1.82, 2.24) is 0 Å². The lowest BCUT2D eigenvalue weighted by Gasteiger charge is -2.11. The van der Waals surface area contributed by atoms with Crippen LogP contribution in [0.5, 0.6) is 23.0 Å². The number of aliphatic carboxylic acids is 1. The summed E-state index contributed by atoms with van der Waals surface area (Å²) in [5.74, 6) is -0.140. The second-order valence-corrected chi connectivity index (χ2v) is 5.32. The number of hydrogen-bond acceptors (Lipinski definition) is 5. The maximum absolute atomic E-state index is 11.7. The first-order valence-electron chi connectivity index (χ1n) is 7.46. The maximum atomic E-state index is 11.7. The first-order chi connectivity index (χ1) is 11.9. The molecule has 0 aliphatic heterocycles. The van der Waals surface area contributed by atoms with Gasteiger partial charge in [-0.05, 0) is 54.0 Å².